The molecule has 0 aliphatic heterocycles. The molecule has 0 radical (unpaired) electrons. The van der Waals surface area contributed by atoms with E-state index < -0.39 is 4.92 Å². The van der Waals surface area contributed by atoms with Crippen LogP contribution in [0.5, 0.6) is 11.8 Å². The summed E-state index contributed by atoms with van der Waals surface area (Å²) in [5.41, 5.74) is 0.0143. The number of nitro groups is 1. The number of rotatable bonds is 3. The first-order chi connectivity index (χ1) is 9.11. The lowest BCUT2D eigenvalue weighted by Crippen LogP contribution is -1.96. The van der Waals surface area contributed by atoms with Gasteiger partial charge in [0.25, 0.3) is 5.69 Å². The van der Waals surface area contributed by atoms with Crippen LogP contribution in [0.1, 0.15) is 5.69 Å². The first kappa shape index (κ1) is 12.9. The monoisotopic (exact) mass is 320 g/mol. The zero-order valence-corrected chi connectivity index (χ0v) is 10.9. The molecule has 0 unspecified atom stereocenters. The number of hydrogen-bond acceptors (Lipinski definition) is 6. The molecule has 8 heteroatoms. The van der Waals surface area contributed by atoms with E-state index in [1.807, 2.05) is 6.07 Å². The molecular formula is C11H5BrN4O3. The third-order valence-corrected chi connectivity index (χ3v) is 2.89. The molecule has 0 N–H and O–H groups in total. The Bertz CT molecular complexity index is 684. The molecular weight excluding hydrogens is 316 g/mol. The van der Waals surface area contributed by atoms with Gasteiger partial charge in [-0.3, -0.25) is 10.1 Å². The van der Waals surface area contributed by atoms with Crippen molar-refractivity contribution in [2.45, 2.75) is 0 Å². The van der Waals surface area contributed by atoms with Gasteiger partial charge in [0.05, 0.1) is 4.92 Å². The Morgan fingerprint density at radius 2 is 2.21 bits per heavy atom. The molecule has 1 heterocycles. The largest absolute Gasteiger partial charge is 0.423 e. The molecule has 0 spiro atoms. The lowest BCUT2D eigenvalue weighted by Gasteiger charge is -2.05. The van der Waals surface area contributed by atoms with Crippen LogP contribution in [0, 0.1) is 21.4 Å². The van der Waals surface area contributed by atoms with E-state index in [1.165, 1.54) is 30.5 Å². The van der Waals surface area contributed by atoms with E-state index in [-0.39, 0.29) is 27.6 Å². The van der Waals surface area contributed by atoms with Gasteiger partial charge in [-0.15, -0.1) is 0 Å². The van der Waals surface area contributed by atoms with Gasteiger partial charge >= 0.3 is 6.01 Å². The highest BCUT2D eigenvalue weighted by atomic mass is 79.9. The third-order valence-electron chi connectivity index (χ3n) is 2.09. The van der Waals surface area contributed by atoms with Crippen molar-refractivity contribution in [2.75, 3.05) is 0 Å². The van der Waals surface area contributed by atoms with E-state index >= 15 is 0 Å². The summed E-state index contributed by atoms with van der Waals surface area (Å²) in [6.07, 6.45) is 1.37. The van der Waals surface area contributed by atoms with Crippen molar-refractivity contribution in [1.82, 2.24) is 9.97 Å². The van der Waals surface area contributed by atoms with Gasteiger partial charge < -0.3 is 4.74 Å². The number of nitro benzene ring substituents is 1. The standard InChI is InChI=1S/C11H5BrN4O3/c12-10-8(16(17)18)2-1-3-9(10)19-11-14-5-4-7(6-13)15-11/h1-5H. The van der Waals surface area contributed by atoms with Gasteiger partial charge in [0.1, 0.15) is 16.2 Å². The molecule has 0 aliphatic rings. The summed E-state index contributed by atoms with van der Waals surface area (Å²) in [5, 5.41) is 19.5. The molecule has 0 bridgehead atoms. The number of ether oxygens (including phenoxy) is 1. The average Bonchev–Trinajstić information content (AvgIpc) is 2.41. The predicted octanol–water partition coefficient (Wildman–Crippen LogP) is 2.81. The minimum atomic E-state index is -0.538. The highest BCUT2D eigenvalue weighted by molar-refractivity contribution is 9.10. The van der Waals surface area contributed by atoms with Gasteiger partial charge in [0, 0.05) is 12.3 Å². The molecule has 19 heavy (non-hydrogen) atoms. The number of aromatic nitrogens is 2. The second-order valence-electron chi connectivity index (χ2n) is 3.28. The van der Waals surface area contributed by atoms with Crippen LogP contribution >= 0.6 is 15.9 Å². The minimum absolute atomic E-state index is 0.0553. The highest BCUT2D eigenvalue weighted by Gasteiger charge is 2.17. The van der Waals surface area contributed by atoms with E-state index in [1.54, 1.807) is 0 Å². The zero-order chi connectivity index (χ0) is 13.8. The summed E-state index contributed by atoms with van der Waals surface area (Å²) >= 11 is 3.09. The molecule has 1 aromatic carbocycles. The van der Waals surface area contributed by atoms with Crippen LogP contribution in [-0.4, -0.2) is 14.9 Å². The van der Waals surface area contributed by atoms with Gasteiger partial charge in [-0.2, -0.15) is 10.2 Å². The maximum Gasteiger partial charge on any atom is 0.323 e. The fourth-order valence-electron chi connectivity index (χ4n) is 1.27. The van der Waals surface area contributed by atoms with Crippen molar-refractivity contribution in [3.63, 3.8) is 0 Å². The zero-order valence-electron chi connectivity index (χ0n) is 9.28. The Kier molecular flexibility index (Phi) is 3.68. The minimum Gasteiger partial charge on any atom is -0.423 e. The second kappa shape index (κ2) is 5.41. The molecule has 0 aliphatic carbocycles. The van der Waals surface area contributed by atoms with Crippen LogP contribution in [0.25, 0.3) is 0 Å². The highest BCUT2D eigenvalue weighted by Crippen LogP contribution is 2.35. The molecule has 0 amide bonds. The number of nitriles is 1. The third kappa shape index (κ3) is 2.83. The number of nitrogens with zero attached hydrogens (tertiary/aromatic N) is 4. The summed E-state index contributed by atoms with van der Waals surface area (Å²) < 4.78 is 5.50. The average molecular weight is 321 g/mol. The maximum absolute atomic E-state index is 10.8. The van der Waals surface area contributed by atoms with Crippen LogP contribution < -0.4 is 4.74 Å². The smallest absolute Gasteiger partial charge is 0.323 e. The van der Waals surface area contributed by atoms with Crippen LogP contribution in [0.2, 0.25) is 0 Å². The van der Waals surface area contributed by atoms with Crippen molar-refractivity contribution >= 4 is 21.6 Å². The Hall–Kier alpha value is -2.53. The molecule has 0 saturated carbocycles. The Balaban J connectivity index is 2.36. The SMILES string of the molecule is N#Cc1ccnc(Oc2cccc([N+](=O)[O-])c2Br)n1. The van der Waals surface area contributed by atoms with E-state index in [9.17, 15) is 10.1 Å². The van der Waals surface area contributed by atoms with Crippen molar-refractivity contribution in [1.29, 1.82) is 5.26 Å². The first-order valence-electron chi connectivity index (χ1n) is 4.95. The van der Waals surface area contributed by atoms with Gasteiger partial charge in [0.2, 0.25) is 0 Å². The summed E-state index contributed by atoms with van der Waals surface area (Å²) in [5.74, 6) is 0.198. The molecule has 0 fully saturated rings. The van der Waals surface area contributed by atoms with Gasteiger partial charge in [-0.05, 0) is 28.1 Å². The Morgan fingerprint density at radius 1 is 1.42 bits per heavy atom. The van der Waals surface area contributed by atoms with E-state index in [0.29, 0.717) is 0 Å². The fraction of sp³-hybridized carbons (Fsp3) is 0. The van der Waals surface area contributed by atoms with Gasteiger partial charge in [-0.1, -0.05) is 6.07 Å². The van der Waals surface area contributed by atoms with E-state index in [2.05, 4.69) is 25.9 Å². The summed E-state index contributed by atoms with van der Waals surface area (Å²) in [4.78, 5) is 17.9. The van der Waals surface area contributed by atoms with E-state index in [0.717, 1.165) is 0 Å². The normalized spacial score (nSPS) is 9.68. The fourth-order valence-corrected chi connectivity index (χ4v) is 1.76. The molecule has 0 saturated heterocycles. The predicted molar refractivity (Wildman–Crippen MR) is 67.6 cm³/mol. The quantitative estimate of drug-likeness (QED) is 0.636. The van der Waals surface area contributed by atoms with Crippen LogP contribution in [-0.2, 0) is 0 Å². The lowest BCUT2D eigenvalue weighted by molar-refractivity contribution is -0.385. The summed E-state index contributed by atoms with van der Waals surface area (Å²) in [7, 11) is 0. The number of halogens is 1. The van der Waals surface area contributed by atoms with Crippen LogP contribution in [0.4, 0.5) is 5.69 Å². The second-order valence-corrected chi connectivity index (χ2v) is 4.08. The molecule has 7 nitrogen and oxygen atoms in total. The van der Waals surface area contributed by atoms with Crippen molar-refractivity contribution in [3.05, 3.63) is 50.7 Å². The number of benzene rings is 1. The Labute approximate surface area is 115 Å². The van der Waals surface area contributed by atoms with Crippen LogP contribution in [0.3, 0.4) is 0 Å². The van der Waals surface area contributed by atoms with Crippen LogP contribution in [0.15, 0.2) is 34.9 Å². The lowest BCUT2D eigenvalue weighted by atomic mass is 10.3. The number of hydrogen-bond donors (Lipinski definition) is 0. The topological polar surface area (TPSA) is 102 Å². The van der Waals surface area contributed by atoms with Gasteiger partial charge in [0.15, 0.2) is 5.75 Å². The Morgan fingerprint density at radius 3 is 2.89 bits per heavy atom. The van der Waals surface area contributed by atoms with Crippen molar-refractivity contribution in [2.24, 2.45) is 0 Å². The molecule has 2 aromatic rings. The van der Waals surface area contributed by atoms with Crippen molar-refractivity contribution in [3.8, 4) is 17.8 Å². The first-order valence-corrected chi connectivity index (χ1v) is 5.75. The van der Waals surface area contributed by atoms with Crippen molar-refractivity contribution < 1.29 is 9.66 Å². The summed E-state index contributed by atoms with van der Waals surface area (Å²) in [6.45, 7) is 0. The molecule has 94 valence electrons. The molecule has 1 aromatic heterocycles. The maximum atomic E-state index is 10.8. The van der Waals surface area contributed by atoms with E-state index in [4.69, 9.17) is 10.00 Å². The van der Waals surface area contributed by atoms with Gasteiger partial charge in [-0.25, -0.2) is 4.98 Å². The summed E-state index contributed by atoms with van der Waals surface area (Å²) in [6, 6.07) is 7.56. The molecule has 2 rings (SSSR count). The molecule has 0 atom stereocenters.